The van der Waals surface area contributed by atoms with Crippen LogP contribution in [0.15, 0.2) is 22.7 Å². The van der Waals surface area contributed by atoms with E-state index in [2.05, 4.69) is 41.1 Å². The van der Waals surface area contributed by atoms with E-state index < -0.39 is 0 Å². The molecule has 2 nitrogen and oxygen atoms in total. The van der Waals surface area contributed by atoms with E-state index in [4.69, 9.17) is 10.8 Å². The summed E-state index contributed by atoms with van der Waals surface area (Å²) < 4.78 is 1.11. The molecule has 78 valence electrons. The van der Waals surface area contributed by atoms with Gasteiger partial charge in [-0.3, -0.25) is 0 Å². The van der Waals surface area contributed by atoms with Crippen molar-refractivity contribution in [1.29, 1.82) is 0 Å². The maximum atomic E-state index is 9.02. The number of hydrogen-bond donors (Lipinski definition) is 2. The lowest BCUT2D eigenvalue weighted by Crippen LogP contribution is -2.20. The van der Waals surface area contributed by atoms with Crippen LogP contribution in [0.4, 0.5) is 0 Å². The Morgan fingerprint density at radius 3 is 2.71 bits per heavy atom. The summed E-state index contributed by atoms with van der Waals surface area (Å²) in [6, 6.07) is 6.25. The average Bonchev–Trinajstić information content (AvgIpc) is 2.19. The Morgan fingerprint density at radius 1 is 1.50 bits per heavy atom. The predicted octanol–water partition coefficient (Wildman–Crippen LogP) is 1.87. The molecule has 3 N–H and O–H groups in total. The van der Waals surface area contributed by atoms with Crippen molar-refractivity contribution in [2.24, 2.45) is 11.7 Å². The van der Waals surface area contributed by atoms with Crippen LogP contribution in [0, 0.1) is 12.8 Å². The van der Waals surface area contributed by atoms with Gasteiger partial charge >= 0.3 is 0 Å². The van der Waals surface area contributed by atoms with Crippen LogP contribution in [0.1, 0.15) is 11.1 Å². The van der Waals surface area contributed by atoms with Crippen molar-refractivity contribution >= 4 is 15.9 Å². The van der Waals surface area contributed by atoms with E-state index >= 15 is 0 Å². The van der Waals surface area contributed by atoms with Crippen LogP contribution in [-0.2, 0) is 6.42 Å². The lowest BCUT2D eigenvalue weighted by Gasteiger charge is -2.11. The van der Waals surface area contributed by atoms with Crippen molar-refractivity contribution in [2.45, 2.75) is 13.3 Å². The van der Waals surface area contributed by atoms with Gasteiger partial charge in [0.05, 0.1) is 0 Å². The maximum Gasteiger partial charge on any atom is 0.0474 e. The third-order valence-electron chi connectivity index (χ3n) is 2.35. The highest BCUT2D eigenvalue weighted by atomic mass is 79.9. The normalized spacial score (nSPS) is 12.9. The lowest BCUT2D eigenvalue weighted by atomic mass is 9.99. The zero-order valence-corrected chi connectivity index (χ0v) is 9.92. The highest BCUT2D eigenvalue weighted by molar-refractivity contribution is 9.10. The molecule has 1 aromatic carbocycles. The number of rotatable bonds is 4. The van der Waals surface area contributed by atoms with Gasteiger partial charge in [0.15, 0.2) is 0 Å². The van der Waals surface area contributed by atoms with E-state index in [-0.39, 0.29) is 12.5 Å². The first-order chi connectivity index (χ1) is 6.67. The lowest BCUT2D eigenvalue weighted by molar-refractivity contribution is 0.230. The second-order valence-corrected chi connectivity index (χ2v) is 4.43. The fraction of sp³-hybridized carbons (Fsp3) is 0.455. The van der Waals surface area contributed by atoms with E-state index in [0.717, 1.165) is 10.9 Å². The minimum absolute atomic E-state index is 0.155. The van der Waals surface area contributed by atoms with E-state index in [9.17, 15) is 0 Å². The SMILES string of the molecule is Cc1ccc(C[C@@H](CN)CO)cc1Br. The fourth-order valence-electron chi connectivity index (χ4n) is 1.32. The van der Waals surface area contributed by atoms with Crippen LogP contribution in [0.5, 0.6) is 0 Å². The Morgan fingerprint density at radius 2 is 2.21 bits per heavy atom. The number of nitrogens with two attached hydrogens (primary N) is 1. The van der Waals surface area contributed by atoms with Crippen molar-refractivity contribution in [3.8, 4) is 0 Å². The molecule has 0 radical (unpaired) electrons. The van der Waals surface area contributed by atoms with Crippen LogP contribution in [0.2, 0.25) is 0 Å². The zero-order valence-electron chi connectivity index (χ0n) is 8.33. The largest absolute Gasteiger partial charge is 0.396 e. The summed E-state index contributed by atoms with van der Waals surface area (Å²) in [6.45, 7) is 2.74. The molecule has 1 rings (SSSR count). The topological polar surface area (TPSA) is 46.2 Å². The van der Waals surface area contributed by atoms with Crippen LogP contribution in [-0.4, -0.2) is 18.3 Å². The Labute approximate surface area is 93.3 Å². The Bertz CT molecular complexity index is 297. The van der Waals surface area contributed by atoms with Crippen molar-refractivity contribution < 1.29 is 5.11 Å². The smallest absolute Gasteiger partial charge is 0.0474 e. The van der Waals surface area contributed by atoms with Crippen molar-refractivity contribution in [2.75, 3.05) is 13.2 Å². The van der Waals surface area contributed by atoms with Gasteiger partial charge in [-0.1, -0.05) is 28.1 Å². The first kappa shape index (κ1) is 11.7. The van der Waals surface area contributed by atoms with Crippen LogP contribution < -0.4 is 5.73 Å². The first-order valence-corrected chi connectivity index (χ1v) is 5.52. The molecule has 0 bridgehead atoms. The Hall–Kier alpha value is -0.380. The molecule has 0 unspecified atom stereocenters. The molecule has 0 heterocycles. The molecule has 0 saturated heterocycles. The quantitative estimate of drug-likeness (QED) is 0.866. The zero-order chi connectivity index (χ0) is 10.6. The number of aliphatic hydroxyl groups is 1. The molecule has 0 amide bonds. The van der Waals surface area contributed by atoms with E-state index in [1.807, 2.05) is 0 Å². The molecule has 0 aliphatic carbocycles. The second kappa shape index (κ2) is 5.49. The van der Waals surface area contributed by atoms with Gasteiger partial charge < -0.3 is 10.8 Å². The minimum Gasteiger partial charge on any atom is -0.396 e. The molecule has 0 fully saturated rings. The van der Waals surface area contributed by atoms with Gasteiger partial charge in [-0.25, -0.2) is 0 Å². The monoisotopic (exact) mass is 257 g/mol. The molecule has 1 atom stereocenters. The summed E-state index contributed by atoms with van der Waals surface area (Å²) in [7, 11) is 0. The van der Waals surface area contributed by atoms with Gasteiger partial charge in [0.25, 0.3) is 0 Å². The second-order valence-electron chi connectivity index (χ2n) is 3.57. The highest BCUT2D eigenvalue weighted by Gasteiger charge is 2.06. The molecular weight excluding hydrogens is 242 g/mol. The minimum atomic E-state index is 0.155. The number of aliphatic hydroxyl groups excluding tert-OH is 1. The van der Waals surface area contributed by atoms with E-state index in [1.165, 1.54) is 11.1 Å². The van der Waals surface area contributed by atoms with Gasteiger partial charge in [0.2, 0.25) is 0 Å². The summed E-state index contributed by atoms with van der Waals surface area (Å²) in [4.78, 5) is 0. The number of halogens is 1. The first-order valence-electron chi connectivity index (χ1n) is 4.73. The third-order valence-corrected chi connectivity index (χ3v) is 3.21. The molecule has 0 aromatic heterocycles. The van der Waals surface area contributed by atoms with Crippen LogP contribution in [0.25, 0.3) is 0 Å². The predicted molar refractivity (Wildman–Crippen MR) is 62.2 cm³/mol. The van der Waals surface area contributed by atoms with Gasteiger partial charge in [-0.2, -0.15) is 0 Å². The molecule has 0 spiro atoms. The molecule has 3 heteroatoms. The van der Waals surface area contributed by atoms with Crippen molar-refractivity contribution in [1.82, 2.24) is 0 Å². The summed E-state index contributed by atoms with van der Waals surface area (Å²) in [5.74, 6) is 0.171. The average molecular weight is 258 g/mol. The van der Waals surface area contributed by atoms with E-state index in [0.29, 0.717) is 6.54 Å². The molecule has 1 aromatic rings. The summed E-state index contributed by atoms with van der Waals surface area (Å²) in [5.41, 5.74) is 7.97. The molecule has 14 heavy (non-hydrogen) atoms. The van der Waals surface area contributed by atoms with Crippen molar-refractivity contribution in [3.63, 3.8) is 0 Å². The molecule has 0 aliphatic rings. The summed E-state index contributed by atoms with van der Waals surface area (Å²) >= 11 is 3.49. The number of aryl methyl sites for hydroxylation is 1. The number of hydrogen-bond acceptors (Lipinski definition) is 2. The Kier molecular flexibility index (Phi) is 4.58. The van der Waals surface area contributed by atoms with Gasteiger partial charge in [0.1, 0.15) is 0 Å². The summed E-state index contributed by atoms with van der Waals surface area (Å²) in [6.07, 6.45) is 0.839. The van der Waals surface area contributed by atoms with Gasteiger partial charge in [-0.05, 0) is 43.0 Å². The molecule has 0 aliphatic heterocycles. The van der Waals surface area contributed by atoms with E-state index in [1.54, 1.807) is 0 Å². The van der Waals surface area contributed by atoms with Gasteiger partial charge in [-0.15, -0.1) is 0 Å². The standard InChI is InChI=1S/C11H16BrNO/c1-8-2-3-9(5-11(8)12)4-10(6-13)7-14/h2-3,5,10,14H,4,6-7,13H2,1H3/t10-/m0/s1. The fourth-order valence-corrected chi connectivity index (χ4v) is 1.75. The molecular formula is C11H16BrNO. The van der Waals surface area contributed by atoms with Crippen molar-refractivity contribution in [3.05, 3.63) is 33.8 Å². The van der Waals surface area contributed by atoms with Gasteiger partial charge in [0, 0.05) is 11.1 Å². The van der Waals surface area contributed by atoms with Crippen LogP contribution >= 0.6 is 15.9 Å². The molecule has 0 saturated carbocycles. The Balaban J connectivity index is 2.72. The maximum absolute atomic E-state index is 9.02. The highest BCUT2D eigenvalue weighted by Crippen LogP contribution is 2.19. The third kappa shape index (κ3) is 3.08. The summed E-state index contributed by atoms with van der Waals surface area (Å²) in [5, 5.41) is 9.02. The van der Waals surface area contributed by atoms with Crippen LogP contribution in [0.3, 0.4) is 0 Å². The number of benzene rings is 1.